The number of piperidine rings is 1. The molecule has 5 nitrogen and oxygen atoms in total. The number of H-pyrrole nitrogens is 1. The summed E-state index contributed by atoms with van der Waals surface area (Å²) in [5, 5.41) is 1.25. The van der Waals surface area contributed by atoms with Crippen LogP contribution >= 0.6 is 0 Å². The van der Waals surface area contributed by atoms with Crippen LogP contribution in [0.3, 0.4) is 0 Å². The third-order valence-corrected chi connectivity index (χ3v) is 7.37. The molecule has 1 aromatic carbocycles. The summed E-state index contributed by atoms with van der Waals surface area (Å²) >= 11 is 0. The van der Waals surface area contributed by atoms with Crippen molar-refractivity contribution in [1.82, 2.24) is 9.88 Å². The van der Waals surface area contributed by atoms with Crippen molar-refractivity contribution >= 4 is 16.9 Å². The van der Waals surface area contributed by atoms with Gasteiger partial charge in [0.05, 0.1) is 7.11 Å². The van der Waals surface area contributed by atoms with E-state index >= 15 is 0 Å². The van der Waals surface area contributed by atoms with Crippen molar-refractivity contribution in [2.75, 3.05) is 33.9 Å². The van der Waals surface area contributed by atoms with Gasteiger partial charge in [0.15, 0.2) is 0 Å². The summed E-state index contributed by atoms with van der Waals surface area (Å²) in [6.45, 7) is 7.34. The maximum absolute atomic E-state index is 13.4. The minimum Gasteiger partial charge on any atom is -0.468 e. The van der Waals surface area contributed by atoms with E-state index in [1.807, 2.05) is 0 Å². The molecule has 2 aromatic rings. The molecule has 4 unspecified atom stereocenters. The maximum Gasteiger partial charge on any atom is 0.319 e. The van der Waals surface area contributed by atoms with E-state index in [4.69, 9.17) is 9.47 Å². The van der Waals surface area contributed by atoms with Crippen molar-refractivity contribution in [2.24, 2.45) is 11.8 Å². The van der Waals surface area contributed by atoms with Crippen LogP contribution in [0.15, 0.2) is 24.3 Å². The van der Waals surface area contributed by atoms with Gasteiger partial charge < -0.3 is 14.5 Å². The Morgan fingerprint density at radius 2 is 2.14 bits per heavy atom. The molecule has 2 aliphatic rings. The van der Waals surface area contributed by atoms with Gasteiger partial charge in [-0.2, -0.15) is 0 Å². The largest absolute Gasteiger partial charge is 0.468 e. The predicted molar refractivity (Wildman–Crippen MR) is 115 cm³/mol. The Kier molecular flexibility index (Phi) is 5.71. The zero-order valence-electron chi connectivity index (χ0n) is 18.2. The molecule has 1 fully saturated rings. The van der Waals surface area contributed by atoms with Gasteiger partial charge in [0.2, 0.25) is 0 Å². The van der Waals surface area contributed by atoms with E-state index < -0.39 is 5.41 Å². The number of nitrogens with one attached hydrogen (secondary N) is 1. The molecule has 1 N–H and O–H groups in total. The monoisotopic (exact) mass is 398 g/mol. The van der Waals surface area contributed by atoms with E-state index in [-0.39, 0.29) is 12.0 Å². The van der Waals surface area contributed by atoms with Crippen molar-refractivity contribution in [3.63, 3.8) is 0 Å². The van der Waals surface area contributed by atoms with Gasteiger partial charge in [-0.25, -0.2) is 0 Å². The lowest BCUT2D eigenvalue weighted by Crippen LogP contribution is -2.59. The average Bonchev–Trinajstić information content (AvgIpc) is 3.08. The van der Waals surface area contributed by atoms with Crippen LogP contribution in [0.5, 0.6) is 0 Å². The molecule has 29 heavy (non-hydrogen) atoms. The highest BCUT2D eigenvalue weighted by Crippen LogP contribution is 2.48. The maximum atomic E-state index is 13.4. The number of ether oxygens (including phenoxy) is 2. The lowest BCUT2D eigenvalue weighted by Gasteiger charge is -2.48. The molecule has 1 saturated heterocycles. The lowest BCUT2D eigenvalue weighted by atomic mass is 9.66. The summed E-state index contributed by atoms with van der Waals surface area (Å²) in [7, 11) is 3.30. The number of methoxy groups -OCH3 is 2. The summed E-state index contributed by atoms with van der Waals surface area (Å²) in [6.07, 6.45) is 3.98. The number of aromatic nitrogens is 1. The van der Waals surface area contributed by atoms with E-state index in [0.717, 1.165) is 56.6 Å². The standard InChI is InChI=1S/C24H34N2O3/c1-16(10-12-28-3)13-18-14-24(23(27)29-4)17(2)26(15-18)11-9-20-19-7-5-6-8-21(19)25-22(20)24/h5-8,16-18,25H,9-15H2,1-4H3/t16?,17?,18-,24?/m0/s1. The van der Waals surface area contributed by atoms with Crippen LogP contribution in [-0.4, -0.2) is 55.8 Å². The van der Waals surface area contributed by atoms with E-state index in [9.17, 15) is 4.79 Å². The van der Waals surface area contributed by atoms with Crippen LogP contribution in [0.2, 0.25) is 0 Å². The molecular weight excluding hydrogens is 364 g/mol. The summed E-state index contributed by atoms with van der Waals surface area (Å²) in [5.74, 6) is 0.946. The summed E-state index contributed by atoms with van der Waals surface area (Å²) in [6, 6.07) is 8.55. The fraction of sp³-hybridized carbons (Fsp3) is 0.625. The highest BCUT2D eigenvalue weighted by molar-refractivity contribution is 5.91. The topological polar surface area (TPSA) is 54.6 Å². The quantitative estimate of drug-likeness (QED) is 0.750. The number of fused-ring (bicyclic) bond motifs is 6. The molecule has 0 saturated carbocycles. The molecule has 1 aromatic heterocycles. The van der Waals surface area contributed by atoms with Crippen molar-refractivity contribution in [1.29, 1.82) is 0 Å². The number of hydrogen-bond acceptors (Lipinski definition) is 4. The summed E-state index contributed by atoms with van der Waals surface area (Å²) in [5.41, 5.74) is 2.88. The Bertz CT molecular complexity index is 876. The number of carbonyl (C=O) groups excluding carboxylic acids is 1. The predicted octanol–water partition coefficient (Wildman–Crippen LogP) is 3.91. The number of benzene rings is 1. The Morgan fingerprint density at radius 3 is 2.90 bits per heavy atom. The Morgan fingerprint density at radius 1 is 1.34 bits per heavy atom. The van der Waals surface area contributed by atoms with Gasteiger partial charge in [-0.15, -0.1) is 0 Å². The Labute approximate surface area is 173 Å². The molecule has 4 rings (SSSR count). The van der Waals surface area contributed by atoms with Crippen molar-refractivity contribution < 1.29 is 14.3 Å². The highest BCUT2D eigenvalue weighted by atomic mass is 16.5. The second-order valence-corrected chi connectivity index (χ2v) is 9.10. The minimum atomic E-state index is -0.635. The summed E-state index contributed by atoms with van der Waals surface area (Å²) in [4.78, 5) is 19.6. The van der Waals surface area contributed by atoms with E-state index in [1.165, 1.54) is 18.1 Å². The second kappa shape index (κ2) is 8.11. The molecule has 5 heteroatoms. The van der Waals surface area contributed by atoms with Gasteiger partial charge in [-0.05, 0) is 56.1 Å². The number of carbonyl (C=O) groups is 1. The van der Waals surface area contributed by atoms with Crippen LogP contribution in [0.25, 0.3) is 10.9 Å². The zero-order valence-corrected chi connectivity index (χ0v) is 18.2. The number of nitrogens with zero attached hydrogens (tertiary/aromatic N) is 1. The van der Waals surface area contributed by atoms with Gasteiger partial charge in [-0.1, -0.05) is 25.1 Å². The van der Waals surface area contributed by atoms with Gasteiger partial charge >= 0.3 is 5.97 Å². The number of para-hydroxylation sites is 1. The van der Waals surface area contributed by atoms with Crippen LogP contribution in [0.1, 0.15) is 44.4 Å². The number of aromatic amines is 1. The molecule has 2 aliphatic heterocycles. The molecule has 0 radical (unpaired) electrons. The van der Waals surface area contributed by atoms with E-state index in [2.05, 4.69) is 48.0 Å². The lowest BCUT2D eigenvalue weighted by molar-refractivity contribution is -0.154. The van der Waals surface area contributed by atoms with Gasteiger partial charge in [0.25, 0.3) is 0 Å². The number of rotatable bonds is 6. The first-order chi connectivity index (χ1) is 14.0. The Balaban J connectivity index is 1.77. The van der Waals surface area contributed by atoms with Gasteiger partial charge in [-0.3, -0.25) is 9.69 Å². The SMILES string of the molecule is COCCC(C)C[C@@H]1CN2CCc3c([nH]c4ccccc34)C(C(=O)OC)(C1)C2C. The average molecular weight is 399 g/mol. The van der Waals surface area contributed by atoms with Gasteiger partial charge in [0.1, 0.15) is 5.41 Å². The van der Waals surface area contributed by atoms with Crippen molar-refractivity contribution in [3.05, 3.63) is 35.5 Å². The van der Waals surface area contributed by atoms with Crippen LogP contribution in [0, 0.1) is 11.8 Å². The molecule has 0 spiro atoms. The third kappa shape index (κ3) is 3.38. The molecule has 3 heterocycles. The zero-order chi connectivity index (χ0) is 20.6. The van der Waals surface area contributed by atoms with Crippen LogP contribution < -0.4 is 0 Å². The minimum absolute atomic E-state index is 0.0982. The molecule has 5 atom stereocenters. The first kappa shape index (κ1) is 20.4. The molecule has 158 valence electrons. The molecule has 0 aliphatic carbocycles. The first-order valence-electron chi connectivity index (χ1n) is 10.9. The van der Waals surface area contributed by atoms with Crippen molar-refractivity contribution in [2.45, 2.75) is 51.0 Å². The molecule has 2 bridgehead atoms. The van der Waals surface area contributed by atoms with E-state index in [1.54, 1.807) is 7.11 Å². The molecular formula is C24H34N2O3. The van der Waals surface area contributed by atoms with Crippen LogP contribution in [-0.2, 0) is 26.1 Å². The highest BCUT2D eigenvalue weighted by Gasteiger charge is 2.56. The number of esters is 1. The first-order valence-corrected chi connectivity index (χ1v) is 10.9. The molecule has 0 amide bonds. The van der Waals surface area contributed by atoms with Gasteiger partial charge in [0, 0.05) is 49.4 Å². The fourth-order valence-electron chi connectivity index (χ4n) is 5.89. The number of hydrogen-bond donors (Lipinski definition) is 1. The smallest absolute Gasteiger partial charge is 0.319 e. The van der Waals surface area contributed by atoms with Crippen molar-refractivity contribution in [3.8, 4) is 0 Å². The Hall–Kier alpha value is -1.85. The third-order valence-electron chi connectivity index (χ3n) is 7.37. The van der Waals surface area contributed by atoms with Crippen LogP contribution in [0.4, 0.5) is 0 Å². The van der Waals surface area contributed by atoms with E-state index in [0.29, 0.717) is 11.8 Å². The fourth-order valence-corrected chi connectivity index (χ4v) is 5.89. The second-order valence-electron chi connectivity index (χ2n) is 9.10. The summed E-state index contributed by atoms with van der Waals surface area (Å²) < 4.78 is 10.7. The normalized spacial score (nSPS) is 29.9.